The zero-order chi connectivity index (χ0) is 12.5. The fourth-order valence-corrected chi connectivity index (χ4v) is 2.41. The maximum absolute atomic E-state index is 12.1. The minimum absolute atomic E-state index is 0.160. The van der Waals surface area contributed by atoms with Crippen molar-refractivity contribution in [2.24, 2.45) is 11.3 Å². The van der Waals surface area contributed by atoms with Crippen LogP contribution in [0.15, 0.2) is 24.3 Å². The van der Waals surface area contributed by atoms with Crippen LogP contribution in [-0.2, 0) is 4.79 Å². The van der Waals surface area contributed by atoms with E-state index in [-0.39, 0.29) is 5.91 Å². The third-order valence-electron chi connectivity index (χ3n) is 3.44. The molecule has 0 spiro atoms. The first-order valence-electron chi connectivity index (χ1n) is 5.86. The van der Waals surface area contributed by atoms with Crippen LogP contribution in [0.3, 0.4) is 0 Å². The summed E-state index contributed by atoms with van der Waals surface area (Å²) in [5.41, 5.74) is 1.01. The van der Waals surface area contributed by atoms with Gasteiger partial charge in [0.05, 0.1) is 6.07 Å². The van der Waals surface area contributed by atoms with Crippen molar-refractivity contribution in [3.63, 3.8) is 0 Å². The Balaban J connectivity index is 2.13. The number of hydrogen-bond donors (Lipinski definition) is 1. The van der Waals surface area contributed by atoms with Gasteiger partial charge >= 0.3 is 0 Å². The van der Waals surface area contributed by atoms with E-state index in [1.807, 2.05) is 31.2 Å². The van der Waals surface area contributed by atoms with Crippen molar-refractivity contribution in [1.29, 1.82) is 5.26 Å². The standard InChI is InChI=1S/C14H16N2O/c1-10-7-14(8-10,9-15)13(17)16-12-6-4-3-5-11(12)2/h3-6,10H,7-8H2,1-2H3,(H,16,17). The lowest BCUT2D eigenvalue weighted by atomic mass is 9.63. The third kappa shape index (κ3) is 2.03. The van der Waals surface area contributed by atoms with Gasteiger partial charge in [-0.3, -0.25) is 4.79 Å². The summed E-state index contributed by atoms with van der Waals surface area (Å²) in [5.74, 6) is 0.310. The topological polar surface area (TPSA) is 52.9 Å². The lowest BCUT2D eigenvalue weighted by Gasteiger charge is -2.39. The van der Waals surface area contributed by atoms with Crippen LogP contribution in [0.4, 0.5) is 5.69 Å². The lowest BCUT2D eigenvalue weighted by Crippen LogP contribution is -2.45. The summed E-state index contributed by atoms with van der Waals surface area (Å²) >= 11 is 0. The predicted molar refractivity (Wildman–Crippen MR) is 66.3 cm³/mol. The highest BCUT2D eigenvalue weighted by Crippen LogP contribution is 2.45. The molecule has 0 saturated heterocycles. The van der Waals surface area contributed by atoms with E-state index < -0.39 is 5.41 Å². The van der Waals surface area contributed by atoms with E-state index >= 15 is 0 Å². The highest BCUT2D eigenvalue weighted by molar-refractivity contribution is 5.98. The number of benzene rings is 1. The normalized spacial score (nSPS) is 26.8. The molecule has 1 fully saturated rings. The summed E-state index contributed by atoms with van der Waals surface area (Å²) in [6.07, 6.45) is 1.34. The van der Waals surface area contributed by atoms with E-state index in [1.54, 1.807) is 0 Å². The number of amides is 1. The van der Waals surface area contributed by atoms with Gasteiger partial charge in [0.1, 0.15) is 5.41 Å². The molecule has 0 heterocycles. The van der Waals surface area contributed by atoms with Gasteiger partial charge < -0.3 is 5.32 Å². The molecule has 0 radical (unpaired) electrons. The Kier molecular flexibility index (Phi) is 2.89. The van der Waals surface area contributed by atoms with E-state index in [9.17, 15) is 4.79 Å². The SMILES string of the molecule is Cc1ccccc1NC(=O)C1(C#N)CC(C)C1. The molecule has 88 valence electrons. The van der Waals surface area contributed by atoms with E-state index in [0.717, 1.165) is 11.3 Å². The van der Waals surface area contributed by atoms with E-state index in [0.29, 0.717) is 18.8 Å². The molecule has 0 atom stereocenters. The van der Waals surface area contributed by atoms with Crippen molar-refractivity contribution in [2.75, 3.05) is 5.32 Å². The average Bonchev–Trinajstić information content (AvgIpc) is 2.27. The number of aryl methyl sites for hydroxylation is 1. The summed E-state index contributed by atoms with van der Waals surface area (Å²) in [5, 5.41) is 12.0. The Bertz CT molecular complexity index is 481. The van der Waals surface area contributed by atoms with Gasteiger partial charge in [0.25, 0.3) is 0 Å². The quantitative estimate of drug-likeness (QED) is 0.846. The van der Waals surface area contributed by atoms with E-state index in [1.165, 1.54) is 0 Å². The molecule has 0 unspecified atom stereocenters. The van der Waals surface area contributed by atoms with E-state index in [2.05, 4.69) is 18.3 Å². The van der Waals surface area contributed by atoms with Crippen LogP contribution in [0.1, 0.15) is 25.3 Å². The van der Waals surface area contributed by atoms with Gasteiger partial charge in [0, 0.05) is 5.69 Å². The van der Waals surface area contributed by atoms with Crippen LogP contribution in [-0.4, -0.2) is 5.91 Å². The van der Waals surface area contributed by atoms with Gasteiger partial charge in [-0.1, -0.05) is 25.1 Å². The summed E-state index contributed by atoms with van der Waals surface area (Å²) in [7, 11) is 0. The first-order chi connectivity index (χ1) is 8.07. The Morgan fingerprint density at radius 2 is 2.12 bits per heavy atom. The molecule has 0 aliphatic heterocycles. The molecule has 0 bridgehead atoms. The van der Waals surface area contributed by atoms with Crippen molar-refractivity contribution < 1.29 is 4.79 Å². The van der Waals surface area contributed by atoms with Crippen LogP contribution in [0.2, 0.25) is 0 Å². The minimum Gasteiger partial charge on any atom is -0.324 e. The molecule has 1 amide bonds. The molecule has 0 aromatic heterocycles. The van der Waals surface area contributed by atoms with Gasteiger partial charge in [-0.15, -0.1) is 0 Å². The molecular weight excluding hydrogens is 212 g/mol. The molecule has 3 heteroatoms. The van der Waals surface area contributed by atoms with Gasteiger partial charge in [-0.05, 0) is 37.3 Å². The molecule has 17 heavy (non-hydrogen) atoms. The fraction of sp³-hybridized carbons (Fsp3) is 0.429. The van der Waals surface area contributed by atoms with Gasteiger partial charge in [0.15, 0.2) is 0 Å². The highest BCUT2D eigenvalue weighted by atomic mass is 16.2. The van der Waals surface area contributed by atoms with E-state index in [4.69, 9.17) is 5.26 Å². The van der Waals surface area contributed by atoms with Gasteiger partial charge in [-0.25, -0.2) is 0 Å². The first-order valence-corrected chi connectivity index (χ1v) is 5.86. The minimum atomic E-state index is -0.804. The van der Waals surface area contributed by atoms with Crippen molar-refractivity contribution in [3.8, 4) is 6.07 Å². The van der Waals surface area contributed by atoms with Crippen molar-refractivity contribution in [1.82, 2.24) is 0 Å². The number of nitrogens with one attached hydrogen (secondary N) is 1. The van der Waals surface area contributed by atoms with Crippen LogP contribution >= 0.6 is 0 Å². The number of nitrogens with zero attached hydrogens (tertiary/aromatic N) is 1. The largest absolute Gasteiger partial charge is 0.324 e. The molecule has 1 saturated carbocycles. The molecule has 1 aliphatic carbocycles. The Morgan fingerprint density at radius 1 is 1.47 bits per heavy atom. The van der Waals surface area contributed by atoms with Crippen molar-refractivity contribution in [2.45, 2.75) is 26.7 Å². The molecule has 3 nitrogen and oxygen atoms in total. The Morgan fingerprint density at radius 3 is 2.65 bits per heavy atom. The van der Waals surface area contributed by atoms with Crippen molar-refractivity contribution in [3.05, 3.63) is 29.8 Å². The zero-order valence-corrected chi connectivity index (χ0v) is 10.2. The van der Waals surface area contributed by atoms with Gasteiger partial charge in [-0.2, -0.15) is 5.26 Å². The number of para-hydroxylation sites is 1. The first kappa shape index (κ1) is 11.7. The highest BCUT2D eigenvalue weighted by Gasteiger charge is 2.48. The molecular formula is C14H16N2O. The van der Waals surface area contributed by atoms with Gasteiger partial charge in [0.2, 0.25) is 5.91 Å². The smallest absolute Gasteiger partial charge is 0.244 e. The second kappa shape index (κ2) is 4.21. The summed E-state index contributed by atoms with van der Waals surface area (Å²) in [4.78, 5) is 12.1. The fourth-order valence-electron chi connectivity index (χ4n) is 2.41. The number of carbonyl (C=O) groups excluding carboxylic acids is 1. The number of hydrogen-bond acceptors (Lipinski definition) is 2. The second-order valence-electron chi connectivity index (χ2n) is 4.98. The molecule has 1 aromatic rings. The number of carbonyl (C=O) groups is 1. The molecule has 1 aliphatic rings. The summed E-state index contributed by atoms with van der Waals surface area (Å²) < 4.78 is 0. The number of nitriles is 1. The maximum atomic E-state index is 12.1. The predicted octanol–water partition coefficient (Wildman–Crippen LogP) is 2.87. The van der Waals surface area contributed by atoms with Crippen molar-refractivity contribution >= 4 is 11.6 Å². The molecule has 2 rings (SSSR count). The monoisotopic (exact) mass is 228 g/mol. The molecule has 1 N–H and O–H groups in total. The molecule has 1 aromatic carbocycles. The summed E-state index contributed by atoms with van der Waals surface area (Å²) in [6, 6.07) is 9.78. The third-order valence-corrected chi connectivity index (χ3v) is 3.44. The van der Waals surface area contributed by atoms with Crippen LogP contribution in [0.25, 0.3) is 0 Å². The lowest BCUT2D eigenvalue weighted by molar-refractivity contribution is -0.128. The Hall–Kier alpha value is -1.82. The summed E-state index contributed by atoms with van der Waals surface area (Å²) in [6.45, 7) is 4.01. The number of rotatable bonds is 2. The Labute approximate surface area is 101 Å². The van der Waals surface area contributed by atoms with Crippen LogP contribution in [0.5, 0.6) is 0 Å². The van der Waals surface area contributed by atoms with Crippen LogP contribution < -0.4 is 5.32 Å². The average molecular weight is 228 g/mol. The zero-order valence-electron chi connectivity index (χ0n) is 10.2. The number of anilines is 1. The second-order valence-corrected chi connectivity index (χ2v) is 4.98. The maximum Gasteiger partial charge on any atom is 0.244 e. The van der Waals surface area contributed by atoms with Crippen LogP contribution in [0, 0.1) is 29.6 Å².